The lowest BCUT2D eigenvalue weighted by molar-refractivity contribution is -0.119. The van der Waals surface area contributed by atoms with Gasteiger partial charge in [-0.1, -0.05) is 11.6 Å². The zero-order chi connectivity index (χ0) is 13.0. The molecular formula is C10H8ClFN4O2. The first kappa shape index (κ1) is 12.3. The predicted octanol–water partition coefficient (Wildman–Crippen LogP) is 1.22. The minimum absolute atomic E-state index is 0.0632. The van der Waals surface area contributed by atoms with Crippen molar-refractivity contribution in [3.05, 3.63) is 41.7 Å². The molecule has 0 aliphatic carbocycles. The van der Waals surface area contributed by atoms with Gasteiger partial charge in [0.25, 0.3) is 5.91 Å². The quantitative estimate of drug-likeness (QED) is 0.907. The average molecular weight is 271 g/mol. The van der Waals surface area contributed by atoms with Crippen LogP contribution in [0.25, 0.3) is 0 Å². The second-order valence-electron chi connectivity index (χ2n) is 3.27. The molecule has 0 bridgehead atoms. The molecule has 0 saturated carbocycles. The summed E-state index contributed by atoms with van der Waals surface area (Å²) >= 11 is 5.57. The van der Waals surface area contributed by atoms with Crippen molar-refractivity contribution in [1.29, 1.82) is 0 Å². The average Bonchev–Trinajstić information content (AvgIpc) is 2.83. The monoisotopic (exact) mass is 270 g/mol. The maximum absolute atomic E-state index is 12.9. The number of carbonyl (C=O) groups is 1. The highest BCUT2D eigenvalue weighted by Crippen LogP contribution is 2.20. The van der Waals surface area contributed by atoms with Crippen LogP contribution in [-0.2, 0) is 4.79 Å². The van der Waals surface area contributed by atoms with E-state index in [0.29, 0.717) is 5.75 Å². The van der Waals surface area contributed by atoms with Gasteiger partial charge in [-0.25, -0.2) is 9.07 Å². The van der Waals surface area contributed by atoms with Crippen LogP contribution in [0.4, 0.5) is 4.39 Å². The van der Waals surface area contributed by atoms with Crippen molar-refractivity contribution in [2.75, 3.05) is 12.0 Å². The number of aromatic nitrogens is 3. The van der Waals surface area contributed by atoms with Gasteiger partial charge in [0.1, 0.15) is 24.2 Å². The van der Waals surface area contributed by atoms with Gasteiger partial charge in [0, 0.05) is 6.07 Å². The summed E-state index contributed by atoms with van der Waals surface area (Å²) < 4.78 is 19.3. The van der Waals surface area contributed by atoms with Crippen molar-refractivity contribution in [1.82, 2.24) is 14.9 Å². The number of carbonyl (C=O) groups excluding carboxylic acids is 1. The third-order valence-electron chi connectivity index (χ3n) is 1.93. The number of benzene rings is 1. The van der Waals surface area contributed by atoms with E-state index < -0.39 is 11.7 Å². The maximum atomic E-state index is 12.9. The summed E-state index contributed by atoms with van der Waals surface area (Å²) in [5.41, 5.74) is 2.44. The summed E-state index contributed by atoms with van der Waals surface area (Å²) in [5, 5.41) is 6.96. The molecule has 1 amide bonds. The Kier molecular flexibility index (Phi) is 3.73. The SMILES string of the molecule is O=C(COc1ccc(F)c(Cl)c1)Nn1cnnc1. The van der Waals surface area contributed by atoms with E-state index in [-0.39, 0.29) is 11.6 Å². The molecule has 94 valence electrons. The molecule has 0 saturated heterocycles. The highest BCUT2D eigenvalue weighted by atomic mass is 35.5. The second kappa shape index (κ2) is 5.46. The van der Waals surface area contributed by atoms with Crippen LogP contribution in [0.2, 0.25) is 5.02 Å². The lowest BCUT2D eigenvalue weighted by Crippen LogP contribution is -2.27. The molecule has 0 aliphatic heterocycles. The van der Waals surface area contributed by atoms with Gasteiger partial charge in [0.05, 0.1) is 5.02 Å². The van der Waals surface area contributed by atoms with Crippen molar-refractivity contribution >= 4 is 17.5 Å². The van der Waals surface area contributed by atoms with E-state index in [4.69, 9.17) is 16.3 Å². The molecule has 1 heterocycles. The number of nitrogens with one attached hydrogen (secondary N) is 1. The molecule has 18 heavy (non-hydrogen) atoms. The van der Waals surface area contributed by atoms with Crippen molar-refractivity contribution in [2.24, 2.45) is 0 Å². The zero-order valence-corrected chi connectivity index (χ0v) is 9.76. The molecule has 0 unspecified atom stereocenters. The van der Waals surface area contributed by atoms with Gasteiger partial charge >= 0.3 is 0 Å². The van der Waals surface area contributed by atoms with E-state index in [1.165, 1.54) is 29.5 Å². The fraction of sp³-hybridized carbons (Fsp3) is 0.100. The normalized spacial score (nSPS) is 10.1. The largest absolute Gasteiger partial charge is 0.484 e. The summed E-state index contributed by atoms with van der Waals surface area (Å²) in [6.07, 6.45) is 2.65. The zero-order valence-electron chi connectivity index (χ0n) is 9.01. The van der Waals surface area contributed by atoms with Gasteiger partial charge in [0.15, 0.2) is 6.61 Å². The summed E-state index contributed by atoms with van der Waals surface area (Å²) in [5.74, 6) is -0.645. The Morgan fingerprint density at radius 2 is 2.17 bits per heavy atom. The maximum Gasteiger partial charge on any atom is 0.276 e. The Hall–Kier alpha value is -2.15. The summed E-state index contributed by atoms with van der Waals surface area (Å²) in [4.78, 5) is 11.4. The molecule has 0 fully saturated rings. The smallest absolute Gasteiger partial charge is 0.276 e. The van der Waals surface area contributed by atoms with Crippen LogP contribution >= 0.6 is 11.6 Å². The fourth-order valence-corrected chi connectivity index (χ4v) is 1.32. The van der Waals surface area contributed by atoms with Gasteiger partial charge in [-0.05, 0) is 12.1 Å². The molecule has 2 rings (SSSR count). The summed E-state index contributed by atoms with van der Waals surface area (Å²) in [7, 11) is 0. The van der Waals surface area contributed by atoms with E-state index in [0.717, 1.165) is 6.07 Å². The molecular weight excluding hydrogens is 263 g/mol. The van der Waals surface area contributed by atoms with Crippen molar-refractivity contribution in [3.8, 4) is 5.75 Å². The number of hydrogen-bond donors (Lipinski definition) is 1. The van der Waals surface area contributed by atoms with E-state index in [1.807, 2.05) is 0 Å². The minimum atomic E-state index is -0.544. The van der Waals surface area contributed by atoms with Gasteiger partial charge in [0.2, 0.25) is 0 Å². The van der Waals surface area contributed by atoms with Crippen LogP contribution in [-0.4, -0.2) is 27.4 Å². The molecule has 0 atom stereocenters. The second-order valence-corrected chi connectivity index (χ2v) is 3.68. The highest BCUT2D eigenvalue weighted by Gasteiger charge is 2.05. The molecule has 1 aromatic heterocycles. The number of rotatable bonds is 4. The molecule has 1 N–H and O–H groups in total. The Bertz CT molecular complexity index is 547. The first-order valence-corrected chi connectivity index (χ1v) is 5.25. The lowest BCUT2D eigenvalue weighted by Gasteiger charge is -2.07. The third-order valence-corrected chi connectivity index (χ3v) is 2.22. The van der Waals surface area contributed by atoms with Crippen LogP contribution < -0.4 is 10.2 Å². The van der Waals surface area contributed by atoms with Gasteiger partial charge in [-0.15, -0.1) is 10.2 Å². The minimum Gasteiger partial charge on any atom is -0.484 e. The number of amides is 1. The Morgan fingerprint density at radius 3 is 2.83 bits per heavy atom. The van der Waals surface area contributed by atoms with E-state index >= 15 is 0 Å². The molecule has 2 aromatic rings. The summed E-state index contributed by atoms with van der Waals surface area (Å²) in [6.45, 7) is -0.236. The van der Waals surface area contributed by atoms with E-state index in [1.54, 1.807) is 0 Å². The molecule has 0 spiro atoms. The fourth-order valence-electron chi connectivity index (χ4n) is 1.15. The number of hydrogen-bond acceptors (Lipinski definition) is 4. The number of nitrogens with zero attached hydrogens (tertiary/aromatic N) is 3. The van der Waals surface area contributed by atoms with E-state index in [9.17, 15) is 9.18 Å². The highest BCUT2D eigenvalue weighted by molar-refractivity contribution is 6.30. The Balaban J connectivity index is 1.87. The summed E-state index contributed by atoms with van der Waals surface area (Å²) in [6, 6.07) is 3.84. The molecule has 8 heteroatoms. The van der Waals surface area contributed by atoms with Crippen molar-refractivity contribution in [3.63, 3.8) is 0 Å². The van der Waals surface area contributed by atoms with Crippen LogP contribution in [0, 0.1) is 5.82 Å². The van der Waals surface area contributed by atoms with E-state index in [2.05, 4.69) is 15.6 Å². The van der Waals surface area contributed by atoms with Gasteiger partial charge < -0.3 is 4.74 Å². The first-order valence-electron chi connectivity index (χ1n) is 4.87. The first-order chi connectivity index (χ1) is 8.65. The molecule has 1 aromatic carbocycles. The Morgan fingerprint density at radius 1 is 1.44 bits per heavy atom. The predicted molar refractivity (Wildman–Crippen MR) is 61.3 cm³/mol. The van der Waals surface area contributed by atoms with Crippen LogP contribution in [0.5, 0.6) is 5.75 Å². The number of halogens is 2. The standard InChI is InChI=1S/C10H8ClFN4O2/c11-8-3-7(1-2-9(8)12)18-4-10(17)15-16-5-13-14-6-16/h1-3,5-6H,4H2,(H,15,17). The molecule has 6 nitrogen and oxygen atoms in total. The van der Waals surface area contributed by atoms with Gasteiger partial charge in [-0.3, -0.25) is 10.2 Å². The molecule has 0 aliphatic rings. The molecule has 0 radical (unpaired) electrons. The van der Waals surface area contributed by atoms with Crippen LogP contribution in [0.3, 0.4) is 0 Å². The Labute approximate surface area is 106 Å². The van der Waals surface area contributed by atoms with Crippen molar-refractivity contribution in [2.45, 2.75) is 0 Å². The van der Waals surface area contributed by atoms with Gasteiger partial charge in [-0.2, -0.15) is 0 Å². The number of ether oxygens (including phenoxy) is 1. The van der Waals surface area contributed by atoms with Crippen LogP contribution in [0.15, 0.2) is 30.9 Å². The third kappa shape index (κ3) is 3.17. The van der Waals surface area contributed by atoms with Crippen LogP contribution in [0.1, 0.15) is 0 Å². The van der Waals surface area contributed by atoms with Crippen molar-refractivity contribution < 1.29 is 13.9 Å². The topological polar surface area (TPSA) is 69.0 Å². The lowest BCUT2D eigenvalue weighted by atomic mass is 10.3.